The fourth-order valence-electron chi connectivity index (χ4n) is 1.88. The van der Waals surface area contributed by atoms with Crippen LogP contribution < -0.4 is 0 Å². The number of morpholine rings is 1. The van der Waals surface area contributed by atoms with Crippen molar-refractivity contribution in [2.75, 3.05) is 26.4 Å². The molecule has 1 N–H and O–H groups in total. The molecule has 1 heterocycles. The second kappa shape index (κ2) is 5.58. The van der Waals surface area contributed by atoms with E-state index >= 15 is 0 Å². The zero-order valence-corrected chi connectivity index (χ0v) is 8.70. The van der Waals surface area contributed by atoms with Crippen molar-refractivity contribution in [1.82, 2.24) is 4.90 Å². The Morgan fingerprint density at radius 1 is 1.62 bits per heavy atom. The van der Waals surface area contributed by atoms with Gasteiger partial charge in [-0.15, -0.1) is 0 Å². The first kappa shape index (κ1) is 11.0. The predicted molar refractivity (Wildman–Crippen MR) is 52.8 cm³/mol. The van der Waals surface area contributed by atoms with Crippen molar-refractivity contribution in [2.45, 2.75) is 38.8 Å². The molecule has 2 atom stereocenters. The van der Waals surface area contributed by atoms with E-state index in [1.54, 1.807) is 0 Å². The summed E-state index contributed by atoms with van der Waals surface area (Å²) in [7, 11) is 0. The number of nitrogens with zero attached hydrogens (tertiary/aromatic N) is 1. The second-order valence-corrected chi connectivity index (χ2v) is 3.74. The SMILES string of the molecule is CCC(C)N1CCOCC1CCO. The van der Waals surface area contributed by atoms with Gasteiger partial charge in [-0.3, -0.25) is 4.90 Å². The van der Waals surface area contributed by atoms with E-state index < -0.39 is 0 Å². The van der Waals surface area contributed by atoms with Gasteiger partial charge in [0.1, 0.15) is 0 Å². The van der Waals surface area contributed by atoms with Gasteiger partial charge in [-0.2, -0.15) is 0 Å². The highest BCUT2D eigenvalue weighted by molar-refractivity contribution is 4.78. The van der Waals surface area contributed by atoms with Crippen LogP contribution in [0.2, 0.25) is 0 Å². The van der Waals surface area contributed by atoms with Crippen molar-refractivity contribution >= 4 is 0 Å². The van der Waals surface area contributed by atoms with Crippen LogP contribution in [0.1, 0.15) is 26.7 Å². The number of ether oxygens (including phenoxy) is 1. The van der Waals surface area contributed by atoms with E-state index in [-0.39, 0.29) is 6.61 Å². The lowest BCUT2D eigenvalue weighted by Gasteiger charge is -2.39. The molecule has 0 radical (unpaired) electrons. The molecule has 3 nitrogen and oxygen atoms in total. The molecule has 1 saturated heterocycles. The summed E-state index contributed by atoms with van der Waals surface area (Å²) in [6.07, 6.45) is 2.01. The third kappa shape index (κ3) is 2.93. The van der Waals surface area contributed by atoms with Gasteiger partial charge in [0.25, 0.3) is 0 Å². The minimum Gasteiger partial charge on any atom is -0.396 e. The lowest BCUT2D eigenvalue weighted by atomic mass is 10.1. The minimum absolute atomic E-state index is 0.265. The molecular formula is C10H21NO2. The molecule has 0 aromatic heterocycles. The third-order valence-corrected chi connectivity index (χ3v) is 2.89. The van der Waals surface area contributed by atoms with Crippen LogP contribution in [-0.2, 0) is 4.74 Å². The van der Waals surface area contributed by atoms with Crippen LogP contribution >= 0.6 is 0 Å². The number of aliphatic hydroxyl groups is 1. The molecule has 13 heavy (non-hydrogen) atoms. The summed E-state index contributed by atoms with van der Waals surface area (Å²) >= 11 is 0. The molecule has 0 amide bonds. The van der Waals surface area contributed by atoms with E-state index in [9.17, 15) is 0 Å². The van der Waals surface area contributed by atoms with Crippen LogP contribution in [0.5, 0.6) is 0 Å². The highest BCUT2D eigenvalue weighted by atomic mass is 16.5. The fraction of sp³-hybridized carbons (Fsp3) is 1.00. The van der Waals surface area contributed by atoms with E-state index in [4.69, 9.17) is 9.84 Å². The van der Waals surface area contributed by atoms with Crippen LogP contribution in [-0.4, -0.2) is 48.5 Å². The van der Waals surface area contributed by atoms with Crippen LogP contribution in [0.4, 0.5) is 0 Å². The fourth-order valence-corrected chi connectivity index (χ4v) is 1.88. The summed E-state index contributed by atoms with van der Waals surface area (Å²) in [5, 5.41) is 8.91. The average molecular weight is 187 g/mol. The normalized spacial score (nSPS) is 27.5. The number of hydrogen-bond donors (Lipinski definition) is 1. The largest absolute Gasteiger partial charge is 0.396 e. The van der Waals surface area contributed by atoms with Crippen LogP contribution in [0.3, 0.4) is 0 Å². The Morgan fingerprint density at radius 2 is 2.38 bits per heavy atom. The predicted octanol–water partition coefficient (Wildman–Crippen LogP) is 0.868. The Hall–Kier alpha value is -0.120. The highest BCUT2D eigenvalue weighted by Gasteiger charge is 2.25. The second-order valence-electron chi connectivity index (χ2n) is 3.74. The summed E-state index contributed by atoms with van der Waals surface area (Å²) in [4.78, 5) is 2.46. The zero-order chi connectivity index (χ0) is 9.68. The third-order valence-electron chi connectivity index (χ3n) is 2.89. The van der Waals surface area contributed by atoms with Gasteiger partial charge >= 0.3 is 0 Å². The Morgan fingerprint density at radius 3 is 3.00 bits per heavy atom. The van der Waals surface area contributed by atoms with Gasteiger partial charge < -0.3 is 9.84 Å². The molecule has 0 aliphatic carbocycles. The maximum Gasteiger partial charge on any atom is 0.0623 e. The molecule has 0 saturated carbocycles. The molecule has 0 bridgehead atoms. The van der Waals surface area contributed by atoms with Gasteiger partial charge in [0, 0.05) is 25.2 Å². The van der Waals surface area contributed by atoms with Crippen molar-refractivity contribution in [3.8, 4) is 0 Å². The van der Waals surface area contributed by atoms with Gasteiger partial charge in [0.15, 0.2) is 0 Å². The van der Waals surface area contributed by atoms with Crippen molar-refractivity contribution in [1.29, 1.82) is 0 Å². The summed E-state index contributed by atoms with van der Waals surface area (Å²) in [5.41, 5.74) is 0. The van der Waals surface area contributed by atoms with Crippen molar-refractivity contribution < 1.29 is 9.84 Å². The monoisotopic (exact) mass is 187 g/mol. The Bertz CT molecular complexity index is 139. The minimum atomic E-state index is 0.265. The van der Waals surface area contributed by atoms with Crippen LogP contribution in [0.25, 0.3) is 0 Å². The van der Waals surface area contributed by atoms with Gasteiger partial charge in [-0.25, -0.2) is 0 Å². The summed E-state index contributed by atoms with van der Waals surface area (Å²) in [6, 6.07) is 1.04. The van der Waals surface area contributed by atoms with Gasteiger partial charge in [-0.1, -0.05) is 6.92 Å². The standard InChI is InChI=1S/C10H21NO2/c1-3-9(2)11-5-7-13-8-10(11)4-6-12/h9-10,12H,3-8H2,1-2H3. The van der Waals surface area contributed by atoms with E-state index in [0.717, 1.165) is 26.2 Å². The summed E-state index contributed by atoms with van der Waals surface area (Å²) in [6.45, 7) is 7.35. The van der Waals surface area contributed by atoms with Crippen LogP contribution in [0.15, 0.2) is 0 Å². The smallest absolute Gasteiger partial charge is 0.0623 e. The molecule has 0 aromatic rings. The molecule has 2 unspecified atom stereocenters. The van der Waals surface area contributed by atoms with E-state index in [1.165, 1.54) is 6.42 Å². The first-order chi connectivity index (χ1) is 6.29. The summed E-state index contributed by atoms with van der Waals surface area (Å²) < 4.78 is 5.41. The maximum atomic E-state index is 8.91. The van der Waals surface area contributed by atoms with Crippen molar-refractivity contribution in [2.24, 2.45) is 0 Å². The topological polar surface area (TPSA) is 32.7 Å². The quantitative estimate of drug-likeness (QED) is 0.709. The first-order valence-electron chi connectivity index (χ1n) is 5.24. The molecule has 1 rings (SSSR count). The molecule has 3 heteroatoms. The summed E-state index contributed by atoms with van der Waals surface area (Å²) in [5.74, 6) is 0. The Balaban J connectivity index is 2.45. The molecule has 1 fully saturated rings. The average Bonchev–Trinajstić information content (AvgIpc) is 2.18. The highest BCUT2D eigenvalue weighted by Crippen LogP contribution is 2.15. The van der Waals surface area contributed by atoms with Crippen molar-refractivity contribution in [3.05, 3.63) is 0 Å². The maximum absolute atomic E-state index is 8.91. The first-order valence-corrected chi connectivity index (χ1v) is 5.24. The molecule has 0 spiro atoms. The van der Waals surface area contributed by atoms with Gasteiger partial charge in [0.05, 0.1) is 13.2 Å². The number of hydrogen-bond acceptors (Lipinski definition) is 3. The Kier molecular flexibility index (Phi) is 4.70. The van der Waals surface area contributed by atoms with Crippen molar-refractivity contribution in [3.63, 3.8) is 0 Å². The van der Waals surface area contributed by atoms with Gasteiger partial charge in [0.2, 0.25) is 0 Å². The molecule has 1 aliphatic rings. The zero-order valence-electron chi connectivity index (χ0n) is 8.70. The number of aliphatic hydroxyl groups excluding tert-OH is 1. The van der Waals surface area contributed by atoms with E-state index in [2.05, 4.69) is 18.7 Å². The van der Waals surface area contributed by atoms with E-state index in [1.807, 2.05) is 0 Å². The molecule has 0 aromatic carbocycles. The van der Waals surface area contributed by atoms with Gasteiger partial charge in [-0.05, 0) is 19.8 Å². The molecule has 1 aliphatic heterocycles. The molecule has 78 valence electrons. The van der Waals surface area contributed by atoms with E-state index in [0.29, 0.717) is 12.1 Å². The lowest BCUT2D eigenvalue weighted by molar-refractivity contribution is -0.0334. The number of rotatable bonds is 4. The Labute approximate surface area is 80.7 Å². The lowest BCUT2D eigenvalue weighted by Crippen LogP contribution is -2.49. The van der Waals surface area contributed by atoms with Crippen LogP contribution in [0, 0.1) is 0 Å². The molecular weight excluding hydrogens is 166 g/mol.